The van der Waals surface area contributed by atoms with Gasteiger partial charge in [0.15, 0.2) is 15.0 Å². The molecule has 1 fully saturated rings. The molecule has 0 N–H and O–H groups in total. The van der Waals surface area contributed by atoms with E-state index >= 15 is 0 Å². The molecule has 2 aliphatic rings. The number of amidine groups is 1. The summed E-state index contributed by atoms with van der Waals surface area (Å²) in [4.78, 5) is 20.0. The third-order valence-electron chi connectivity index (χ3n) is 4.04. The van der Waals surface area contributed by atoms with Crippen LogP contribution in [0.4, 0.5) is 5.69 Å². The molecule has 130 valence electrons. The second-order valence-electron chi connectivity index (χ2n) is 6.05. The van der Waals surface area contributed by atoms with Gasteiger partial charge in [0, 0.05) is 24.3 Å². The minimum Gasteiger partial charge on any atom is -0.348 e. The average Bonchev–Trinajstić information content (AvgIpc) is 2.97. The fourth-order valence-corrected chi connectivity index (χ4v) is 6.00. The predicted octanol–water partition coefficient (Wildman–Crippen LogP) is 1.61. The van der Waals surface area contributed by atoms with E-state index in [9.17, 15) is 13.2 Å². The van der Waals surface area contributed by atoms with E-state index in [1.54, 1.807) is 14.1 Å². The zero-order chi connectivity index (χ0) is 17.5. The summed E-state index contributed by atoms with van der Waals surface area (Å²) in [6.45, 7) is 0. The van der Waals surface area contributed by atoms with Crippen LogP contribution in [0.2, 0.25) is 0 Å². The number of nitrogens with zero attached hydrogens (tertiary/aromatic N) is 3. The van der Waals surface area contributed by atoms with Crippen LogP contribution < -0.4 is 4.90 Å². The Balaban J connectivity index is 1.87. The largest absolute Gasteiger partial charge is 0.348 e. The second-order valence-corrected chi connectivity index (χ2v) is 10.1. The summed E-state index contributed by atoms with van der Waals surface area (Å²) < 4.78 is 24.9. The molecule has 0 radical (unpaired) electrons. The Morgan fingerprint density at radius 2 is 2.00 bits per heavy atom. The molecule has 0 aromatic heterocycles. The van der Waals surface area contributed by atoms with Gasteiger partial charge >= 0.3 is 0 Å². The molecule has 2 atom stereocenters. The summed E-state index contributed by atoms with van der Waals surface area (Å²) in [5.74, 6) is 0.466. The maximum Gasteiger partial charge on any atom is 0.232 e. The monoisotopic (exact) mass is 431 g/mol. The van der Waals surface area contributed by atoms with Gasteiger partial charge in [0.2, 0.25) is 5.91 Å². The van der Waals surface area contributed by atoms with Gasteiger partial charge in [0.05, 0.1) is 29.3 Å². The van der Waals surface area contributed by atoms with E-state index in [-0.39, 0.29) is 35.2 Å². The predicted molar refractivity (Wildman–Crippen MR) is 101 cm³/mol. The highest BCUT2D eigenvalue weighted by molar-refractivity contribution is 9.10. The third-order valence-corrected chi connectivity index (χ3v) is 7.21. The number of aliphatic imine (C=N–C) groups is 1. The van der Waals surface area contributed by atoms with Crippen LogP contribution in [0.25, 0.3) is 0 Å². The number of hydrogen-bond acceptors (Lipinski definition) is 6. The van der Waals surface area contributed by atoms with Crippen molar-refractivity contribution >= 4 is 54.3 Å². The zero-order valence-electron chi connectivity index (χ0n) is 13.3. The van der Waals surface area contributed by atoms with Crippen LogP contribution in [-0.4, -0.2) is 67.8 Å². The SMILES string of the molecule is CN(C)C(=O)CSC1=NC2CS(=O)(=O)CC2N1c1ccc(Br)cc1. The Morgan fingerprint density at radius 3 is 2.62 bits per heavy atom. The van der Waals surface area contributed by atoms with Crippen LogP contribution in [0, 0.1) is 0 Å². The number of sulfone groups is 1. The maximum absolute atomic E-state index is 12.0. The highest BCUT2D eigenvalue weighted by atomic mass is 79.9. The van der Waals surface area contributed by atoms with Crippen molar-refractivity contribution in [3.63, 3.8) is 0 Å². The van der Waals surface area contributed by atoms with Gasteiger partial charge in [-0.25, -0.2) is 8.42 Å². The Bertz CT molecular complexity index is 778. The summed E-state index contributed by atoms with van der Waals surface area (Å²) in [5, 5.41) is 0.720. The Labute approximate surface area is 154 Å². The molecule has 0 spiro atoms. The van der Waals surface area contributed by atoms with E-state index in [2.05, 4.69) is 20.9 Å². The van der Waals surface area contributed by atoms with Crippen molar-refractivity contribution in [2.24, 2.45) is 4.99 Å². The molecule has 0 saturated carbocycles. The third kappa shape index (κ3) is 3.62. The number of fused-ring (bicyclic) bond motifs is 1. The highest BCUT2D eigenvalue weighted by Crippen LogP contribution is 2.35. The van der Waals surface area contributed by atoms with Crippen LogP contribution in [0.5, 0.6) is 0 Å². The van der Waals surface area contributed by atoms with Crippen molar-refractivity contribution in [1.29, 1.82) is 0 Å². The topological polar surface area (TPSA) is 70.0 Å². The molecular weight excluding hydrogens is 414 g/mol. The molecule has 1 aromatic rings. The first-order valence-electron chi connectivity index (χ1n) is 7.43. The summed E-state index contributed by atoms with van der Waals surface area (Å²) >= 11 is 4.77. The smallest absolute Gasteiger partial charge is 0.232 e. The van der Waals surface area contributed by atoms with Crippen molar-refractivity contribution < 1.29 is 13.2 Å². The molecule has 1 amide bonds. The standard InChI is InChI=1S/C15H18BrN3O3S2/c1-18(2)14(20)7-23-15-17-12-8-24(21,22)9-13(12)19(15)11-5-3-10(16)4-6-11/h3-6,12-13H,7-9H2,1-2H3. The van der Waals surface area contributed by atoms with Crippen LogP contribution in [-0.2, 0) is 14.6 Å². The van der Waals surface area contributed by atoms with E-state index in [0.29, 0.717) is 0 Å². The Hall–Kier alpha value is -1.06. The Morgan fingerprint density at radius 1 is 1.33 bits per heavy atom. The first-order valence-corrected chi connectivity index (χ1v) is 11.0. The normalized spacial score (nSPS) is 24.6. The number of halogens is 1. The molecular formula is C15H18BrN3O3S2. The number of anilines is 1. The lowest BCUT2D eigenvalue weighted by molar-refractivity contribution is -0.125. The van der Waals surface area contributed by atoms with Gasteiger partial charge in [0.25, 0.3) is 0 Å². The van der Waals surface area contributed by atoms with Gasteiger partial charge in [-0.3, -0.25) is 9.79 Å². The summed E-state index contributed by atoms with van der Waals surface area (Å²) in [6.07, 6.45) is 0. The Kier molecular flexibility index (Phi) is 4.94. The van der Waals surface area contributed by atoms with Gasteiger partial charge in [-0.1, -0.05) is 27.7 Å². The molecule has 24 heavy (non-hydrogen) atoms. The number of carbonyl (C=O) groups excluding carboxylic acids is 1. The number of amides is 1. The van der Waals surface area contributed by atoms with Crippen LogP contribution in [0.1, 0.15) is 0 Å². The van der Waals surface area contributed by atoms with E-state index in [1.807, 2.05) is 29.2 Å². The fraction of sp³-hybridized carbons (Fsp3) is 0.467. The number of rotatable bonds is 3. The second kappa shape index (κ2) is 6.68. The summed E-state index contributed by atoms with van der Waals surface area (Å²) in [7, 11) is 0.366. The zero-order valence-corrected chi connectivity index (χ0v) is 16.6. The van der Waals surface area contributed by atoms with Crippen molar-refractivity contribution in [3.8, 4) is 0 Å². The maximum atomic E-state index is 12.0. The van der Waals surface area contributed by atoms with Gasteiger partial charge in [0.1, 0.15) is 0 Å². The highest BCUT2D eigenvalue weighted by Gasteiger charge is 2.47. The van der Waals surface area contributed by atoms with Crippen molar-refractivity contribution in [2.45, 2.75) is 12.1 Å². The lowest BCUT2D eigenvalue weighted by atomic mass is 10.1. The minimum atomic E-state index is -3.07. The van der Waals surface area contributed by atoms with E-state index in [0.717, 1.165) is 15.3 Å². The van der Waals surface area contributed by atoms with Gasteiger partial charge in [-0.05, 0) is 24.3 Å². The number of carbonyl (C=O) groups is 1. The summed E-state index contributed by atoms with van der Waals surface area (Å²) in [5.41, 5.74) is 0.895. The molecule has 2 unspecified atom stereocenters. The molecule has 1 saturated heterocycles. The lowest BCUT2D eigenvalue weighted by Gasteiger charge is -2.26. The van der Waals surface area contributed by atoms with Crippen molar-refractivity contribution in [3.05, 3.63) is 28.7 Å². The van der Waals surface area contributed by atoms with Crippen molar-refractivity contribution in [1.82, 2.24) is 4.90 Å². The van der Waals surface area contributed by atoms with E-state index in [4.69, 9.17) is 0 Å². The van der Waals surface area contributed by atoms with Crippen LogP contribution in [0.15, 0.2) is 33.7 Å². The van der Waals surface area contributed by atoms with Gasteiger partial charge in [-0.15, -0.1) is 0 Å². The minimum absolute atomic E-state index is 0.00290. The molecule has 9 heteroatoms. The fourth-order valence-electron chi connectivity index (χ4n) is 2.79. The number of hydrogen-bond donors (Lipinski definition) is 0. The average molecular weight is 432 g/mol. The van der Waals surface area contributed by atoms with Gasteiger partial charge < -0.3 is 9.80 Å². The lowest BCUT2D eigenvalue weighted by Crippen LogP contribution is -2.39. The molecule has 3 rings (SSSR count). The number of benzene rings is 1. The van der Waals surface area contributed by atoms with Crippen molar-refractivity contribution in [2.75, 3.05) is 36.3 Å². The molecule has 6 nitrogen and oxygen atoms in total. The molecule has 1 aromatic carbocycles. The molecule has 0 bridgehead atoms. The molecule has 2 heterocycles. The number of thioether (sulfide) groups is 1. The summed E-state index contributed by atoms with van der Waals surface area (Å²) in [6, 6.07) is 7.25. The van der Waals surface area contributed by atoms with Crippen LogP contribution in [0.3, 0.4) is 0 Å². The van der Waals surface area contributed by atoms with Gasteiger partial charge in [-0.2, -0.15) is 0 Å². The van der Waals surface area contributed by atoms with E-state index < -0.39 is 9.84 Å². The first kappa shape index (κ1) is 17.8. The first-order chi connectivity index (χ1) is 11.3. The van der Waals surface area contributed by atoms with Crippen LogP contribution >= 0.6 is 27.7 Å². The van der Waals surface area contributed by atoms with E-state index in [1.165, 1.54) is 16.7 Å². The molecule has 2 aliphatic heterocycles. The quantitative estimate of drug-likeness (QED) is 0.726. The molecule has 0 aliphatic carbocycles.